The zero-order chi connectivity index (χ0) is 23.0. The fraction of sp³-hybridized carbons (Fsp3) is 0.217. The molecule has 9 nitrogen and oxygen atoms in total. The van der Waals surface area contributed by atoms with Gasteiger partial charge in [-0.3, -0.25) is 4.79 Å². The number of hydrogen-bond donors (Lipinski definition) is 1. The Balaban J connectivity index is 1.68. The van der Waals surface area contributed by atoms with Gasteiger partial charge in [-0.2, -0.15) is 15.5 Å². The van der Waals surface area contributed by atoms with E-state index >= 15 is 0 Å². The first-order chi connectivity index (χ1) is 15.3. The zero-order valence-electron chi connectivity index (χ0n) is 18.5. The van der Waals surface area contributed by atoms with E-state index in [4.69, 9.17) is 5.26 Å². The number of aryl methyl sites for hydroxylation is 2. The Hall–Kier alpha value is -4.32. The second kappa shape index (κ2) is 8.07. The molecule has 32 heavy (non-hydrogen) atoms. The average Bonchev–Trinajstić information content (AvgIpc) is 3.23. The Labute approximate surface area is 185 Å². The highest BCUT2D eigenvalue weighted by atomic mass is 16.1. The maximum atomic E-state index is 11.9. The molecule has 4 rings (SSSR count). The summed E-state index contributed by atoms with van der Waals surface area (Å²) in [5.41, 5.74) is 6.00. The number of aromatic nitrogens is 6. The highest BCUT2D eigenvalue weighted by Crippen LogP contribution is 2.26. The van der Waals surface area contributed by atoms with Crippen LogP contribution in [-0.4, -0.2) is 35.3 Å². The van der Waals surface area contributed by atoms with Crippen LogP contribution in [0.5, 0.6) is 0 Å². The summed E-state index contributed by atoms with van der Waals surface area (Å²) in [7, 11) is 0. The number of carbonyl (C=O) groups is 1. The van der Waals surface area contributed by atoms with Crippen LogP contribution < -0.4 is 5.32 Å². The van der Waals surface area contributed by atoms with Gasteiger partial charge in [0, 0.05) is 6.07 Å². The molecule has 0 saturated heterocycles. The Morgan fingerprint density at radius 1 is 0.969 bits per heavy atom. The van der Waals surface area contributed by atoms with Crippen LogP contribution in [-0.2, 0) is 0 Å². The van der Waals surface area contributed by atoms with Gasteiger partial charge in [0.2, 0.25) is 0 Å². The van der Waals surface area contributed by atoms with Crippen LogP contribution >= 0.6 is 0 Å². The van der Waals surface area contributed by atoms with Crippen molar-refractivity contribution in [1.29, 1.82) is 5.26 Å². The van der Waals surface area contributed by atoms with Gasteiger partial charge in [0.1, 0.15) is 12.1 Å². The van der Waals surface area contributed by atoms with Crippen molar-refractivity contribution in [2.24, 2.45) is 0 Å². The normalized spacial score (nSPS) is 10.8. The summed E-state index contributed by atoms with van der Waals surface area (Å²) in [6.45, 7) is 9.07. The number of rotatable bonds is 5. The Kier molecular flexibility index (Phi) is 5.28. The zero-order valence-corrected chi connectivity index (χ0v) is 18.5. The van der Waals surface area contributed by atoms with E-state index in [1.165, 1.54) is 13.3 Å². The Morgan fingerprint density at radius 3 is 2.28 bits per heavy atom. The number of nitrogens with one attached hydrogen (secondary N) is 1. The Bertz CT molecular complexity index is 1370. The number of hydrogen-bond acceptors (Lipinski definition) is 7. The molecule has 3 aromatic heterocycles. The van der Waals surface area contributed by atoms with E-state index in [1.807, 2.05) is 44.5 Å². The first-order valence-corrected chi connectivity index (χ1v) is 10.0. The minimum absolute atomic E-state index is 0.0277. The largest absolute Gasteiger partial charge is 0.337 e. The van der Waals surface area contributed by atoms with E-state index in [2.05, 4.69) is 31.6 Å². The summed E-state index contributed by atoms with van der Waals surface area (Å²) < 4.78 is 3.47. The number of nitriles is 1. The molecular formula is C23H22N8O. The van der Waals surface area contributed by atoms with Crippen LogP contribution in [0.2, 0.25) is 0 Å². The molecule has 0 saturated carbocycles. The summed E-state index contributed by atoms with van der Waals surface area (Å²) in [5.74, 6) is 1.11. The average molecular weight is 426 g/mol. The van der Waals surface area contributed by atoms with Crippen molar-refractivity contribution in [3.8, 4) is 17.6 Å². The van der Waals surface area contributed by atoms with E-state index in [9.17, 15) is 4.79 Å². The SMILES string of the molecule is CC(=O)c1c(C)nn(-c2cc(Nc3c(C)nn(-c4ccc(C#N)cc4)c3C)ncn2)c1C. The lowest BCUT2D eigenvalue weighted by Crippen LogP contribution is -2.05. The monoisotopic (exact) mass is 426 g/mol. The van der Waals surface area contributed by atoms with Crippen molar-refractivity contribution in [2.45, 2.75) is 34.6 Å². The molecule has 0 aliphatic heterocycles. The third-order valence-electron chi connectivity index (χ3n) is 5.30. The third-order valence-corrected chi connectivity index (χ3v) is 5.30. The number of carbonyl (C=O) groups excluding carboxylic acids is 1. The lowest BCUT2D eigenvalue weighted by atomic mass is 10.1. The van der Waals surface area contributed by atoms with Crippen molar-refractivity contribution in [2.75, 3.05) is 5.32 Å². The standard InChI is InChI=1S/C23H22N8O/c1-13-22(17(5)32)15(3)31(28-13)21-10-20(25-12-26-21)27-23-14(2)29-30(16(23)4)19-8-6-18(11-24)7-9-19/h6-10,12H,1-5H3,(H,25,26,27). The van der Waals surface area contributed by atoms with Gasteiger partial charge in [0.25, 0.3) is 0 Å². The fourth-order valence-electron chi connectivity index (χ4n) is 3.79. The third kappa shape index (κ3) is 3.63. The minimum atomic E-state index is -0.0277. The first-order valence-electron chi connectivity index (χ1n) is 10.0. The second-order valence-corrected chi connectivity index (χ2v) is 7.52. The van der Waals surface area contributed by atoms with Crippen LogP contribution in [0.1, 0.15) is 45.6 Å². The lowest BCUT2D eigenvalue weighted by molar-refractivity contribution is 0.101. The molecule has 0 amide bonds. The highest BCUT2D eigenvalue weighted by molar-refractivity contribution is 5.96. The van der Waals surface area contributed by atoms with Gasteiger partial charge in [-0.25, -0.2) is 19.3 Å². The van der Waals surface area contributed by atoms with E-state index in [-0.39, 0.29) is 5.78 Å². The predicted octanol–water partition coefficient (Wildman–Crippen LogP) is 3.90. The maximum Gasteiger partial charge on any atom is 0.163 e. The van der Waals surface area contributed by atoms with Gasteiger partial charge < -0.3 is 5.32 Å². The molecule has 0 bridgehead atoms. The molecule has 1 aromatic carbocycles. The van der Waals surface area contributed by atoms with Gasteiger partial charge in [-0.05, 0) is 58.9 Å². The highest BCUT2D eigenvalue weighted by Gasteiger charge is 2.18. The fourth-order valence-corrected chi connectivity index (χ4v) is 3.79. The molecule has 0 unspecified atom stereocenters. The molecule has 0 aliphatic rings. The molecule has 160 valence electrons. The van der Waals surface area contributed by atoms with Crippen molar-refractivity contribution in [1.82, 2.24) is 29.5 Å². The summed E-state index contributed by atoms with van der Waals surface area (Å²) in [6, 6.07) is 11.1. The van der Waals surface area contributed by atoms with Crippen molar-refractivity contribution in [3.63, 3.8) is 0 Å². The van der Waals surface area contributed by atoms with E-state index in [0.29, 0.717) is 28.5 Å². The molecule has 0 radical (unpaired) electrons. The van der Waals surface area contributed by atoms with Gasteiger partial charge >= 0.3 is 0 Å². The van der Waals surface area contributed by atoms with Crippen molar-refractivity contribution < 1.29 is 4.79 Å². The van der Waals surface area contributed by atoms with Gasteiger partial charge in [-0.1, -0.05) is 0 Å². The summed E-state index contributed by atoms with van der Waals surface area (Å²) in [5, 5.41) is 21.5. The molecule has 0 atom stereocenters. The number of nitrogens with zero attached hydrogens (tertiary/aromatic N) is 7. The number of benzene rings is 1. The predicted molar refractivity (Wildman–Crippen MR) is 120 cm³/mol. The van der Waals surface area contributed by atoms with Gasteiger partial charge in [-0.15, -0.1) is 0 Å². The second-order valence-electron chi connectivity index (χ2n) is 7.52. The van der Waals surface area contributed by atoms with Crippen LogP contribution in [0.4, 0.5) is 11.5 Å². The Morgan fingerprint density at radius 2 is 1.66 bits per heavy atom. The molecule has 1 N–H and O–H groups in total. The molecule has 0 fully saturated rings. The maximum absolute atomic E-state index is 11.9. The number of ketones is 1. The number of anilines is 2. The molecule has 3 heterocycles. The van der Waals surface area contributed by atoms with Crippen LogP contribution in [0.3, 0.4) is 0 Å². The van der Waals surface area contributed by atoms with E-state index in [1.54, 1.807) is 22.9 Å². The smallest absolute Gasteiger partial charge is 0.163 e. The van der Waals surface area contributed by atoms with Crippen LogP contribution in [0, 0.1) is 39.0 Å². The minimum Gasteiger partial charge on any atom is -0.337 e. The number of Topliss-reactive ketones (excluding diaryl/α,β-unsaturated/α-hetero) is 1. The van der Waals surface area contributed by atoms with Crippen LogP contribution in [0.15, 0.2) is 36.7 Å². The van der Waals surface area contributed by atoms with Crippen molar-refractivity contribution >= 4 is 17.3 Å². The van der Waals surface area contributed by atoms with Gasteiger partial charge in [0.15, 0.2) is 11.6 Å². The lowest BCUT2D eigenvalue weighted by Gasteiger charge is -2.09. The quantitative estimate of drug-likeness (QED) is 0.481. The van der Waals surface area contributed by atoms with Crippen LogP contribution in [0.25, 0.3) is 11.5 Å². The summed E-state index contributed by atoms with van der Waals surface area (Å²) in [4.78, 5) is 20.6. The summed E-state index contributed by atoms with van der Waals surface area (Å²) >= 11 is 0. The summed E-state index contributed by atoms with van der Waals surface area (Å²) in [6.07, 6.45) is 1.46. The first kappa shape index (κ1) is 20.9. The molecule has 0 spiro atoms. The molecule has 9 heteroatoms. The van der Waals surface area contributed by atoms with E-state index in [0.717, 1.165) is 28.5 Å². The van der Waals surface area contributed by atoms with Gasteiger partial charge in [0.05, 0.1) is 51.3 Å². The molecule has 0 aliphatic carbocycles. The topological polar surface area (TPSA) is 114 Å². The molecule has 4 aromatic rings. The van der Waals surface area contributed by atoms with Crippen molar-refractivity contribution in [3.05, 3.63) is 70.6 Å². The van der Waals surface area contributed by atoms with E-state index < -0.39 is 0 Å². The molecular weight excluding hydrogens is 404 g/mol.